The number of rotatable bonds is 4. The topological polar surface area (TPSA) is 65.4 Å². The van der Waals surface area contributed by atoms with Crippen LogP contribution in [0.3, 0.4) is 0 Å². The number of carbonyl (C=O) groups excluding carboxylic acids is 1. The molecule has 3 heterocycles. The maximum absolute atomic E-state index is 12.8. The van der Waals surface area contributed by atoms with Crippen LogP contribution in [0.2, 0.25) is 0 Å². The van der Waals surface area contributed by atoms with E-state index < -0.39 is 0 Å². The predicted molar refractivity (Wildman–Crippen MR) is 79.4 cm³/mol. The Morgan fingerprint density at radius 2 is 2.27 bits per heavy atom. The molecule has 22 heavy (non-hydrogen) atoms. The molecule has 4 rings (SSSR count). The van der Waals surface area contributed by atoms with Gasteiger partial charge in [-0.25, -0.2) is 0 Å². The van der Waals surface area contributed by atoms with Crippen LogP contribution in [-0.4, -0.2) is 47.7 Å². The van der Waals surface area contributed by atoms with E-state index in [1.165, 1.54) is 12.8 Å². The van der Waals surface area contributed by atoms with Crippen LogP contribution in [0.25, 0.3) is 0 Å². The largest absolute Gasteiger partial charge is 0.376 e. The van der Waals surface area contributed by atoms with E-state index in [4.69, 9.17) is 9.47 Å². The molecule has 1 aromatic heterocycles. The Morgan fingerprint density at radius 3 is 3.05 bits per heavy atom. The fourth-order valence-electron chi connectivity index (χ4n) is 3.63. The SMILES string of the molecule is O=C(NC(C1CC1)C1COCCO1)C1CCCn2nccc21. The summed E-state index contributed by atoms with van der Waals surface area (Å²) in [5.74, 6) is 0.582. The highest BCUT2D eigenvalue weighted by molar-refractivity contribution is 5.83. The second-order valence-corrected chi connectivity index (χ2v) is 6.53. The van der Waals surface area contributed by atoms with Crippen molar-refractivity contribution in [3.63, 3.8) is 0 Å². The summed E-state index contributed by atoms with van der Waals surface area (Å²) >= 11 is 0. The van der Waals surface area contributed by atoms with Gasteiger partial charge in [0.2, 0.25) is 5.91 Å². The first-order valence-corrected chi connectivity index (χ1v) is 8.34. The van der Waals surface area contributed by atoms with Gasteiger partial charge < -0.3 is 14.8 Å². The number of ether oxygens (including phenoxy) is 2. The van der Waals surface area contributed by atoms with E-state index in [2.05, 4.69) is 10.4 Å². The van der Waals surface area contributed by atoms with Gasteiger partial charge in [-0.1, -0.05) is 0 Å². The highest BCUT2D eigenvalue weighted by atomic mass is 16.6. The zero-order chi connectivity index (χ0) is 14.9. The number of amides is 1. The Labute approximate surface area is 130 Å². The molecule has 1 aliphatic carbocycles. The van der Waals surface area contributed by atoms with E-state index in [0.717, 1.165) is 25.1 Å². The summed E-state index contributed by atoms with van der Waals surface area (Å²) in [6.07, 6.45) is 6.04. The molecule has 1 saturated heterocycles. The summed E-state index contributed by atoms with van der Waals surface area (Å²) in [5.41, 5.74) is 1.04. The van der Waals surface area contributed by atoms with Gasteiger partial charge in [-0.3, -0.25) is 9.48 Å². The molecular formula is C16H23N3O3. The average molecular weight is 305 g/mol. The zero-order valence-corrected chi connectivity index (χ0v) is 12.7. The van der Waals surface area contributed by atoms with E-state index >= 15 is 0 Å². The van der Waals surface area contributed by atoms with Crippen LogP contribution < -0.4 is 5.32 Å². The van der Waals surface area contributed by atoms with E-state index in [1.807, 2.05) is 10.7 Å². The maximum atomic E-state index is 12.8. The molecule has 0 spiro atoms. The van der Waals surface area contributed by atoms with Gasteiger partial charge in [0.15, 0.2) is 0 Å². The number of carbonyl (C=O) groups is 1. The van der Waals surface area contributed by atoms with E-state index in [1.54, 1.807) is 6.20 Å². The van der Waals surface area contributed by atoms with Gasteiger partial charge in [0.1, 0.15) is 6.10 Å². The van der Waals surface area contributed by atoms with E-state index in [-0.39, 0.29) is 24.0 Å². The molecule has 1 aromatic rings. The number of fused-ring (bicyclic) bond motifs is 1. The van der Waals surface area contributed by atoms with Gasteiger partial charge in [0.25, 0.3) is 0 Å². The summed E-state index contributed by atoms with van der Waals surface area (Å²) < 4.78 is 13.3. The van der Waals surface area contributed by atoms with Crippen molar-refractivity contribution >= 4 is 5.91 Å². The van der Waals surface area contributed by atoms with Crippen molar-refractivity contribution in [3.05, 3.63) is 18.0 Å². The third-order valence-corrected chi connectivity index (χ3v) is 4.97. The minimum atomic E-state index is -0.0815. The summed E-state index contributed by atoms with van der Waals surface area (Å²) in [7, 11) is 0. The average Bonchev–Trinajstić information content (AvgIpc) is 3.28. The predicted octanol–water partition coefficient (Wildman–Crippen LogP) is 1.07. The summed E-state index contributed by atoms with van der Waals surface area (Å²) in [5, 5.41) is 7.56. The molecule has 0 aromatic carbocycles. The first kappa shape index (κ1) is 14.2. The van der Waals surface area contributed by atoms with Crippen LogP contribution in [0.5, 0.6) is 0 Å². The lowest BCUT2D eigenvalue weighted by atomic mass is 9.94. The second-order valence-electron chi connectivity index (χ2n) is 6.53. The summed E-state index contributed by atoms with van der Waals surface area (Å²) in [6, 6.07) is 2.06. The number of aromatic nitrogens is 2. The Balaban J connectivity index is 1.46. The van der Waals surface area contributed by atoms with Gasteiger partial charge in [0.05, 0.1) is 37.5 Å². The van der Waals surface area contributed by atoms with Crippen molar-refractivity contribution in [1.29, 1.82) is 0 Å². The Morgan fingerprint density at radius 1 is 1.36 bits per heavy atom. The van der Waals surface area contributed by atoms with E-state index in [9.17, 15) is 4.79 Å². The number of aryl methyl sites for hydroxylation is 1. The Hall–Kier alpha value is -1.40. The molecule has 1 amide bonds. The number of nitrogens with zero attached hydrogens (tertiary/aromatic N) is 2. The molecule has 0 radical (unpaired) electrons. The molecule has 0 bridgehead atoms. The highest BCUT2D eigenvalue weighted by Gasteiger charge is 2.40. The summed E-state index contributed by atoms with van der Waals surface area (Å²) in [4.78, 5) is 12.8. The first-order valence-electron chi connectivity index (χ1n) is 8.34. The molecule has 1 saturated carbocycles. The van der Waals surface area contributed by atoms with Crippen LogP contribution in [0.4, 0.5) is 0 Å². The lowest BCUT2D eigenvalue weighted by Crippen LogP contribution is -2.51. The molecule has 120 valence electrons. The molecule has 3 unspecified atom stereocenters. The van der Waals surface area contributed by atoms with Crippen molar-refractivity contribution < 1.29 is 14.3 Å². The summed E-state index contributed by atoms with van der Waals surface area (Å²) in [6.45, 7) is 2.78. The van der Waals surface area contributed by atoms with Crippen molar-refractivity contribution in [2.75, 3.05) is 19.8 Å². The normalized spacial score (nSPS) is 29.6. The maximum Gasteiger partial charge on any atom is 0.229 e. The highest BCUT2D eigenvalue weighted by Crippen LogP contribution is 2.36. The lowest BCUT2D eigenvalue weighted by Gasteiger charge is -2.33. The van der Waals surface area contributed by atoms with Crippen molar-refractivity contribution in [2.24, 2.45) is 5.92 Å². The Bertz CT molecular complexity index is 534. The quantitative estimate of drug-likeness (QED) is 0.904. The standard InChI is InChI=1S/C16H23N3O3/c20-16(12-2-1-7-19-13(12)5-6-17-19)18-15(11-3-4-11)14-10-21-8-9-22-14/h5-6,11-12,14-15H,1-4,7-10H2,(H,18,20). The second kappa shape index (κ2) is 6.01. The molecule has 2 fully saturated rings. The van der Waals surface area contributed by atoms with Gasteiger partial charge >= 0.3 is 0 Å². The molecular weight excluding hydrogens is 282 g/mol. The fourth-order valence-corrected chi connectivity index (χ4v) is 3.63. The zero-order valence-electron chi connectivity index (χ0n) is 12.7. The van der Waals surface area contributed by atoms with Gasteiger partial charge in [-0.2, -0.15) is 5.10 Å². The van der Waals surface area contributed by atoms with Crippen molar-refractivity contribution in [1.82, 2.24) is 15.1 Å². The fraction of sp³-hybridized carbons (Fsp3) is 0.750. The third kappa shape index (κ3) is 2.77. The molecule has 1 N–H and O–H groups in total. The molecule has 3 atom stereocenters. The Kier molecular flexibility index (Phi) is 3.88. The van der Waals surface area contributed by atoms with Gasteiger partial charge in [-0.15, -0.1) is 0 Å². The molecule has 3 aliphatic rings. The minimum Gasteiger partial charge on any atom is -0.376 e. The lowest BCUT2D eigenvalue weighted by molar-refractivity contribution is -0.130. The van der Waals surface area contributed by atoms with Crippen LogP contribution >= 0.6 is 0 Å². The first-order chi connectivity index (χ1) is 10.8. The smallest absolute Gasteiger partial charge is 0.229 e. The van der Waals surface area contributed by atoms with Crippen LogP contribution in [0, 0.1) is 5.92 Å². The number of hydrogen-bond donors (Lipinski definition) is 1. The van der Waals surface area contributed by atoms with E-state index in [0.29, 0.717) is 25.7 Å². The van der Waals surface area contributed by atoms with Gasteiger partial charge in [0, 0.05) is 12.7 Å². The van der Waals surface area contributed by atoms with Crippen LogP contribution in [-0.2, 0) is 20.8 Å². The molecule has 2 aliphatic heterocycles. The monoisotopic (exact) mass is 305 g/mol. The van der Waals surface area contributed by atoms with Gasteiger partial charge in [-0.05, 0) is 37.7 Å². The molecule has 6 heteroatoms. The molecule has 6 nitrogen and oxygen atoms in total. The van der Waals surface area contributed by atoms with Crippen LogP contribution in [0.1, 0.15) is 37.3 Å². The van der Waals surface area contributed by atoms with Crippen molar-refractivity contribution in [3.8, 4) is 0 Å². The van der Waals surface area contributed by atoms with Crippen LogP contribution in [0.15, 0.2) is 12.3 Å². The number of nitrogens with one attached hydrogen (secondary N) is 1. The number of hydrogen-bond acceptors (Lipinski definition) is 4. The minimum absolute atomic E-state index is 0.00120. The third-order valence-electron chi connectivity index (χ3n) is 4.97. The van der Waals surface area contributed by atoms with Crippen molar-refractivity contribution in [2.45, 2.75) is 50.3 Å².